The van der Waals surface area contributed by atoms with Crippen molar-refractivity contribution in [1.29, 1.82) is 0 Å². The molecule has 0 aromatic heterocycles. The Hall–Kier alpha value is -2.38. The number of halogens is 4. The van der Waals surface area contributed by atoms with Gasteiger partial charge in [-0.3, -0.25) is 19.3 Å². The Bertz CT molecular complexity index is 1370. The number of carbonyl (C=O) groups excluding carboxylic acids is 3. The minimum atomic E-state index is -1.29. The van der Waals surface area contributed by atoms with Crippen LogP contribution >= 0.6 is 50.7 Å². The highest BCUT2D eigenvalue weighted by Gasteiger charge is 2.73. The number of carbonyl (C=O) groups is 3. The molecule has 7 rings (SSSR count). The number of benzene rings is 3. The Morgan fingerprint density at radius 3 is 1.75 bits per heavy atom. The Balaban J connectivity index is 1.44. The first kappa shape index (κ1) is 24.0. The molecule has 1 aliphatic heterocycles. The summed E-state index contributed by atoms with van der Waals surface area (Å²) in [7, 11) is 0. The number of nitrogens with one attached hydrogen (secondary N) is 1. The van der Waals surface area contributed by atoms with E-state index in [4.69, 9.17) is 34.8 Å². The summed E-state index contributed by atoms with van der Waals surface area (Å²) < 4.78 is 0.752. The lowest BCUT2D eigenvalue weighted by Crippen LogP contribution is -2.57. The van der Waals surface area contributed by atoms with E-state index in [1.165, 1.54) is 6.92 Å². The van der Waals surface area contributed by atoms with Crippen LogP contribution in [-0.4, -0.2) is 28.7 Å². The third-order valence-electron chi connectivity index (χ3n) is 7.58. The van der Waals surface area contributed by atoms with Gasteiger partial charge in [-0.1, -0.05) is 76.1 Å². The quantitative estimate of drug-likeness (QED) is 0.294. The largest absolute Gasteiger partial charge is 0.323 e. The SMILES string of the molecule is C[C@H](C(=O)Nc1ccc(Br)cc1Cl)N1C(=O)[C@@H]2[C@H](C1=O)C1(Cl)c3ccccc3C2(Cl)c2ccccc21. The molecule has 0 spiro atoms. The standard InChI is InChI=1S/C27H18BrCl3N2O3/c1-13(23(34)32-20-11-10-14(28)12-19(20)29)33-24(35)21-22(25(33)36)27(31)16-7-3-2-6-15(16)26(21,30)17-8-4-5-9-18(17)27/h2-13,21-22H,1H3,(H,32,34)/t13-,21-,22+,26?,27?/m1/s1. The van der Waals surface area contributed by atoms with E-state index >= 15 is 0 Å². The summed E-state index contributed by atoms with van der Waals surface area (Å²) in [4.78, 5) is 39.6. The molecule has 9 heteroatoms. The van der Waals surface area contributed by atoms with Gasteiger partial charge in [-0.2, -0.15) is 0 Å². The average molecular weight is 605 g/mol. The van der Waals surface area contributed by atoms with Crippen LogP contribution in [-0.2, 0) is 24.1 Å². The van der Waals surface area contributed by atoms with E-state index in [9.17, 15) is 14.4 Å². The third kappa shape index (κ3) is 2.93. The Morgan fingerprint density at radius 1 is 0.889 bits per heavy atom. The summed E-state index contributed by atoms with van der Waals surface area (Å²) in [5, 5.41) is 3.04. The second kappa shape index (κ2) is 8.06. The minimum Gasteiger partial charge on any atom is -0.323 e. The van der Waals surface area contributed by atoms with Gasteiger partial charge in [0.1, 0.15) is 15.8 Å². The van der Waals surface area contributed by atoms with E-state index in [0.29, 0.717) is 33.0 Å². The van der Waals surface area contributed by atoms with Crippen molar-refractivity contribution in [2.24, 2.45) is 11.8 Å². The maximum atomic E-state index is 14.0. The van der Waals surface area contributed by atoms with Crippen molar-refractivity contribution in [3.05, 3.63) is 98.5 Å². The highest BCUT2D eigenvalue weighted by molar-refractivity contribution is 9.10. The maximum Gasteiger partial charge on any atom is 0.247 e. The number of hydrogen-bond acceptors (Lipinski definition) is 3. The van der Waals surface area contributed by atoms with Crippen LogP contribution in [0, 0.1) is 11.8 Å². The number of rotatable bonds is 3. The molecule has 1 N–H and O–H groups in total. The van der Waals surface area contributed by atoms with E-state index in [2.05, 4.69) is 21.2 Å². The normalized spacial score (nSPS) is 28.4. The summed E-state index contributed by atoms with van der Waals surface area (Å²) in [6.45, 7) is 1.51. The molecule has 0 saturated carbocycles. The van der Waals surface area contributed by atoms with Gasteiger partial charge in [0.25, 0.3) is 0 Å². The molecule has 1 heterocycles. The van der Waals surface area contributed by atoms with E-state index in [1.807, 2.05) is 48.5 Å². The number of amides is 3. The summed E-state index contributed by atoms with van der Waals surface area (Å²) in [5.74, 6) is -3.49. The first-order valence-corrected chi connectivity index (χ1v) is 13.2. The fourth-order valence-corrected chi connectivity index (χ4v) is 7.83. The van der Waals surface area contributed by atoms with Gasteiger partial charge in [0.15, 0.2) is 0 Å². The molecule has 36 heavy (non-hydrogen) atoms. The second-order valence-electron chi connectivity index (χ2n) is 9.31. The predicted molar refractivity (Wildman–Crippen MR) is 142 cm³/mol. The van der Waals surface area contributed by atoms with Crippen LogP contribution in [0.2, 0.25) is 5.02 Å². The fraction of sp³-hybridized carbons (Fsp3) is 0.222. The molecule has 3 aromatic carbocycles. The lowest BCUT2D eigenvalue weighted by atomic mass is 9.54. The van der Waals surface area contributed by atoms with Crippen molar-refractivity contribution >= 4 is 74.1 Å². The van der Waals surface area contributed by atoms with Gasteiger partial charge >= 0.3 is 0 Å². The molecule has 0 unspecified atom stereocenters. The van der Waals surface area contributed by atoms with Crippen molar-refractivity contribution in [1.82, 2.24) is 4.90 Å². The zero-order valence-corrected chi connectivity index (χ0v) is 22.6. The van der Waals surface area contributed by atoms with Crippen molar-refractivity contribution in [3.8, 4) is 0 Å². The molecule has 1 saturated heterocycles. The van der Waals surface area contributed by atoms with Crippen LogP contribution < -0.4 is 5.32 Å². The van der Waals surface area contributed by atoms with Crippen LogP contribution in [0.25, 0.3) is 0 Å². The molecule has 4 aliphatic rings. The van der Waals surface area contributed by atoms with Crippen molar-refractivity contribution in [2.45, 2.75) is 22.7 Å². The first-order valence-electron chi connectivity index (χ1n) is 11.3. The average Bonchev–Trinajstić information content (AvgIpc) is 3.14. The Kier molecular flexibility index (Phi) is 5.37. The molecule has 3 aromatic rings. The predicted octanol–water partition coefficient (Wildman–Crippen LogP) is 6.02. The van der Waals surface area contributed by atoms with Crippen molar-refractivity contribution < 1.29 is 14.4 Å². The summed E-state index contributed by atoms with van der Waals surface area (Å²) in [6, 6.07) is 18.7. The van der Waals surface area contributed by atoms with Gasteiger partial charge in [-0.05, 0) is 47.4 Å². The number of hydrogen-bond donors (Lipinski definition) is 1. The zero-order valence-electron chi connectivity index (χ0n) is 18.8. The van der Waals surface area contributed by atoms with Gasteiger partial charge in [0.2, 0.25) is 17.7 Å². The Morgan fingerprint density at radius 2 is 1.33 bits per heavy atom. The van der Waals surface area contributed by atoms with Gasteiger partial charge in [-0.15, -0.1) is 23.2 Å². The molecule has 2 bridgehead atoms. The van der Waals surface area contributed by atoms with E-state index in [1.54, 1.807) is 18.2 Å². The molecule has 3 aliphatic carbocycles. The van der Waals surface area contributed by atoms with Crippen LogP contribution in [0.1, 0.15) is 29.2 Å². The van der Waals surface area contributed by atoms with E-state index in [0.717, 1.165) is 9.37 Å². The molecule has 3 atom stereocenters. The first-order chi connectivity index (χ1) is 17.1. The van der Waals surface area contributed by atoms with Crippen LogP contribution in [0.4, 0.5) is 5.69 Å². The number of nitrogens with zero attached hydrogens (tertiary/aromatic N) is 1. The molecule has 3 amide bonds. The highest BCUT2D eigenvalue weighted by Crippen LogP contribution is 2.69. The van der Waals surface area contributed by atoms with Gasteiger partial charge < -0.3 is 5.32 Å². The van der Waals surface area contributed by atoms with E-state index in [-0.39, 0.29) is 0 Å². The summed E-state index contributed by atoms with van der Waals surface area (Å²) >= 11 is 24.4. The summed E-state index contributed by atoms with van der Waals surface area (Å²) in [6.07, 6.45) is 0. The molecular formula is C27H18BrCl3N2O3. The zero-order chi connectivity index (χ0) is 25.6. The smallest absolute Gasteiger partial charge is 0.247 e. The number of alkyl halides is 2. The van der Waals surface area contributed by atoms with Gasteiger partial charge in [0.05, 0.1) is 22.5 Å². The van der Waals surface area contributed by atoms with Crippen LogP contribution in [0.5, 0.6) is 0 Å². The molecular weight excluding hydrogens is 587 g/mol. The molecule has 1 fully saturated rings. The molecule has 182 valence electrons. The monoisotopic (exact) mass is 602 g/mol. The highest BCUT2D eigenvalue weighted by atomic mass is 79.9. The van der Waals surface area contributed by atoms with Gasteiger partial charge in [0, 0.05) is 4.47 Å². The van der Waals surface area contributed by atoms with Crippen molar-refractivity contribution in [2.75, 3.05) is 5.32 Å². The molecule has 5 nitrogen and oxygen atoms in total. The number of anilines is 1. The number of likely N-dealkylation sites (tertiary alicyclic amines) is 1. The number of imide groups is 1. The van der Waals surface area contributed by atoms with Gasteiger partial charge in [-0.25, -0.2) is 0 Å². The second-order valence-corrected chi connectivity index (χ2v) is 11.8. The van der Waals surface area contributed by atoms with E-state index < -0.39 is 45.3 Å². The third-order valence-corrected chi connectivity index (χ3v) is 9.67. The Labute approximate surface area is 230 Å². The topological polar surface area (TPSA) is 66.5 Å². The summed E-state index contributed by atoms with van der Waals surface area (Å²) in [5.41, 5.74) is 3.22. The van der Waals surface area contributed by atoms with Crippen LogP contribution in [0.3, 0.4) is 0 Å². The maximum absolute atomic E-state index is 14.0. The fourth-order valence-electron chi connectivity index (χ4n) is 6.02. The lowest BCUT2D eigenvalue weighted by Gasteiger charge is -2.54. The minimum absolute atomic E-state index is 0.320. The van der Waals surface area contributed by atoms with Crippen LogP contribution in [0.15, 0.2) is 71.2 Å². The molecule has 0 radical (unpaired) electrons. The lowest BCUT2D eigenvalue weighted by molar-refractivity contribution is -0.146. The van der Waals surface area contributed by atoms with Crippen molar-refractivity contribution in [3.63, 3.8) is 0 Å².